The van der Waals surface area contributed by atoms with Gasteiger partial charge in [-0.15, -0.1) is 0 Å². The number of benzene rings is 3. The summed E-state index contributed by atoms with van der Waals surface area (Å²) in [5, 5.41) is 6.34. The number of hydrogen-bond acceptors (Lipinski definition) is 3. The minimum Gasteiger partial charge on any atom is -0.372 e. The minimum absolute atomic E-state index is 0.123. The van der Waals surface area contributed by atoms with E-state index in [0.717, 1.165) is 35.0 Å². The van der Waals surface area contributed by atoms with Crippen LogP contribution in [-0.2, 0) is 11.2 Å². The Balaban J connectivity index is 1.60. The monoisotopic (exact) mass is 359 g/mol. The third-order valence-corrected chi connectivity index (χ3v) is 4.66. The van der Waals surface area contributed by atoms with E-state index in [2.05, 4.69) is 53.5 Å². The third-order valence-electron chi connectivity index (χ3n) is 4.66. The molecular formula is C23H25N3O. The molecule has 0 spiro atoms. The molecule has 0 atom stereocenters. The van der Waals surface area contributed by atoms with Gasteiger partial charge in [-0.05, 0) is 47.9 Å². The smallest absolute Gasteiger partial charge is 0.244 e. The summed E-state index contributed by atoms with van der Waals surface area (Å²) in [6.07, 6.45) is 1.98. The second-order valence-electron chi connectivity index (χ2n) is 6.37. The fourth-order valence-electron chi connectivity index (χ4n) is 3.20. The fourth-order valence-corrected chi connectivity index (χ4v) is 3.20. The molecule has 0 aliphatic rings. The quantitative estimate of drug-likeness (QED) is 0.503. The molecule has 4 heteroatoms. The fraction of sp³-hybridized carbons (Fsp3) is 0.217. The Morgan fingerprint density at radius 2 is 1.67 bits per heavy atom. The van der Waals surface area contributed by atoms with Gasteiger partial charge in [0.25, 0.3) is 0 Å². The van der Waals surface area contributed by atoms with Crippen LogP contribution in [0.25, 0.3) is 10.8 Å². The van der Waals surface area contributed by atoms with Gasteiger partial charge in [0, 0.05) is 18.8 Å². The van der Waals surface area contributed by atoms with Crippen LogP contribution in [0, 0.1) is 0 Å². The Hall–Kier alpha value is -3.14. The molecule has 0 bridgehead atoms. The second-order valence-corrected chi connectivity index (χ2v) is 6.37. The molecule has 3 aromatic rings. The molecule has 0 saturated heterocycles. The molecular weight excluding hydrogens is 334 g/mol. The van der Waals surface area contributed by atoms with E-state index in [0.29, 0.717) is 6.42 Å². The van der Waals surface area contributed by atoms with E-state index < -0.39 is 0 Å². The van der Waals surface area contributed by atoms with Gasteiger partial charge in [-0.1, -0.05) is 54.6 Å². The van der Waals surface area contributed by atoms with Gasteiger partial charge >= 0.3 is 0 Å². The molecule has 0 aliphatic carbocycles. The van der Waals surface area contributed by atoms with Crippen LogP contribution in [0.4, 0.5) is 5.69 Å². The molecule has 4 nitrogen and oxygen atoms in total. The van der Waals surface area contributed by atoms with E-state index in [4.69, 9.17) is 0 Å². The van der Waals surface area contributed by atoms with Crippen molar-refractivity contribution in [1.82, 2.24) is 5.43 Å². The summed E-state index contributed by atoms with van der Waals surface area (Å²) in [5.74, 6) is -0.123. The Morgan fingerprint density at radius 1 is 0.963 bits per heavy atom. The topological polar surface area (TPSA) is 44.7 Å². The molecule has 0 saturated carbocycles. The Bertz CT molecular complexity index is 923. The van der Waals surface area contributed by atoms with Gasteiger partial charge in [-0.25, -0.2) is 5.43 Å². The van der Waals surface area contributed by atoms with Gasteiger partial charge < -0.3 is 4.90 Å². The highest BCUT2D eigenvalue weighted by atomic mass is 16.2. The van der Waals surface area contributed by atoms with Crippen LogP contribution < -0.4 is 10.3 Å². The van der Waals surface area contributed by atoms with Crippen LogP contribution in [0.3, 0.4) is 0 Å². The molecule has 3 rings (SSSR count). The first-order valence-corrected chi connectivity index (χ1v) is 9.34. The van der Waals surface area contributed by atoms with E-state index in [1.807, 2.05) is 42.5 Å². The number of carbonyl (C=O) groups is 1. The van der Waals surface area contributed by atoms with E-state index in [1.165, 1.54) is 5.69 Å². The Morgan fingerprint density at radius 3 is 2.41 bits per heavy atom. The molecule has 27 heavy (non-hydrogen) atoms. The van der Waals surface area contributed by atoms with Crippen LogP contribution >= 0.6 is 0 Å². The molecule has 1 N–H and O–H groups in total. The average Bonchev–Trinajstić information content (AvgIpc) is 2.70. The van der Waals surface area contributed by atoms with E-state index in [1.54, 1.807) is 6.21 Å². The Kier molecular flexibility index (Phi) is 6.21. The van der Waals surface area contributed by atoms with Crippen LogP contribution in [0.5, 0.6) is 0 Å². The number of amides is 1. The molecule has 0 radical (unpaired) electrons. The molecule has 138 valence electrons. The molecule has 0 aromatic heterocycles. The highest BCUT2D eigenvalue weighted by Crippen LogP contribution is 2.19. The maximum Gasteiger partial charge on any atom is 0.244 e. The summed E-state index contributed by atoms with van der Waals surface area (Å²) in [6, 6.07) is 22.3. The molecule has 0 heterocycles. The summed E-state index contributed by atoms with van der Waals surface area (Å²) >= 11 is 0. The maximum atomic E-state index is 12.2. The van der Waals surface area contributed by atoms with Gasteiger partial charge in [0.05, 0.1) is 12.6 Å². The zero-order valence-corrected chi connectivity index (χ0v) is 15.9. The zero-order valence-electron chi connectivity index (χ0n) is 15.9. The van der Waals surface area contributed by atoms with Crippen molar-refractivity contribution in [3.05, 3.63) is 77.9 Å². The van der Waals surface area contributed by atoms with E-state index >= 15 is 0 Å². The molecule has 0 aliphatic heterocycles. The lowest BCUT2D eigenvalue weighted by molar-refractivity contribution is -0.120. The lowest BCUT2D eigenvalue weighted by atomic mass is 10.0. The number of fused-ring (bicyclic) bond motifs is 1. The van der Waals surface area contributed by atoms with Gasteiger partial charge in [-0.3, -0.25) is 4.79 Å². The summed E-state index contributed by atoms with van der Waals surface area (Å²) in [7, 11) is 0. The number of hydrazone groups is 1. The number of nitrogens with one attached hydrogen (secondary N) is 1. The first kappa shape index (κ1) is 18.6. The van der Waals surface area contributed by atoms with Gasteiger partial charge in [-0.2, -0.15) is 5.10 Å². The summed E-state index contributed by atoms with van der Waals surface area (Å²) in [5.41, 5.74) is 5.77. The lowest BCUT2D eigenvalue weighted by Gasteiger charge is -2.20. The van der Waals surface area contributed by atoms with Crippen LogP contribution in [-0.4, -0.2) is 25.2 Å². The van der Waals surface area contributed by atoms with Crippen molar-refractivity contribution < 1.29 is 4.79 Å². The van der Waals surface area contributed by atoms with Crippen LogP contribution in [0.1, 0.15) is 25.0 Å². The van der Waals surface area contributed by atoms with Crippen molar-refractivity contribution in [1.29, 1.82) is 0 Å². The zero-order chi connectivity index (χ0) is 19.1. The van der Waals surface area contributed by atoms with Crippen molar-refractivity contribution in [2.45, 2.75) is 20.3 Å². The van der Waals surface area contributed by atoms with Gasteiger partial charge in [0.2, 0.25) is 5.91 Å². The summed E-state index contributed by atoms with van der Waals surface area (Å²) in [4.78, 5) is 14.5. The first-order chi connectivity index (χ1) is 13.2. The number of rotatable bonds is 7. The second kappa shape index (κ2) is 8.99. The van der Waals surface area contributed by atoms with E-state index in [-0.39, 0.29) is 5.91 Å². The standard InChI is InChI=1S/C23H25N3O/c1-3-26(4-2)21-14-12-18(13-15-21)17-24-25-23(27)16-20-10-7-9-19-8-5-6-11-22(19)20/h5-15,17H,3-4,16H2,1-2H3,(H,25,27). The maximum absolute atomic E-state index is 12.2. The SMILES string of the molecule is CCN(CC)c1ccc(C=NNC(=O)Cc2cccc3ccccc23)cc1. The van der Waals surface area contributed by atoms with Crippen LogP contribution in [0.2, 0.25) is 0 Å². The van der Waals surface area contributed by atoms with Crippen molar-refractivity contribution in [2.24, 2.45) is 5.10 Å². The first-order valence-electron chi connectivity index (χ1n) is 9.34. The predicted molar refractivity (Wildman–Crippen MR) is 113 cm³/mol. The summed E-state index contributed by atoms with van der Waals surface area (Å²) < 4.78 is 0. The predicted octanol–water partition coefficient (Wildman–Crippen LogP) is 4.38. The van der Waals surface area contributed by atoms with Gasteiger partial charge in [0.15, 0.2) is 0 Å². The molecule has 0 unspecified atom stereocenters. The molecule has 0 fully saturated rings. The molecule has 1 amide bonds. The number of anilines is 1. The van der Waals surface area contributed by atoms with Crippen LogP contribution in [0.15, 0.2) is 71.8 Å². The van der Waals surface area contributed by atoms with Crippen molar-refractivity contribution in [2.75, 3.05) is 18.0 Å². The van der Waals surface area contributed by atoms with Crippen molar-refractivity contribution in [3.63, 3.8) is 0 Å². The largest absolute Gasteiger partial charge is 0.372 e. The van der Waals surface area contributed by atoms with Crippen molar-refractivity contribution >= 4 is 28.6 Å². The third kappa shape index (κ3) is 4.73. The summed E-state index contributed by atoms with van der Waals surface area (Å²) in [6.45, 7) is 6.25. The van der Waals surface area contributed by atoms with Crippen molar-refractivity contribution in [3.8, 4) is 0 Å². The Labute approximate surface area is 160 Å². The van der Waals surface area contributed by atoms with Gasteiger partial charge in [0.1, 0.15) is 0 Å². The number of nitrogens with zero attached hydrogens (tertiary/aromatic N) is 2. The highest BCUT2D eigenvalue weighted by Gasteiger charge is 2.06. The highest BCUT2D eigenvalue weighted by molar-refractivity contribution is 5.90. The minimum atomic E-state index is -0.123. The number of hydrogen-bond donors (Lipinski definition) is 1. The molecule has 3 aromatic carbocycles. The lowest BCUT2D eigenvalue weighted by Crippen LogP contribution is -2.21. The average molecular weight is 359 g/mol. The normalized spacial score (nSPS) is 11.0. The number of carbonyl (C=O) groups excluding carboxylic acids is 1. The van der Waals surface area contributed by atoms with E-state index in [9.17, 15) is 4.79 Å².